The van der Waals surface area contributed by atoms with Crippen molar-refractivity contribution in [3.05, 3.63) is 23.4 Å². The predicted octanol–water partition coefficient (Wildman–Crippen LogP) is 4.51. The number of halogens is 1. The number of aromatic nitrogens is 1. The molecule has 3 aliphatic rings. The molecule has 4 rings (SSSR count). The summed E-state index contributed by atoms with van der Waals surface area (Å²) in [6, 6.07) is 3.13. The molecule has 0 radical (unpaired) electrons. The molecule has 2 saturated carbocycles. The molecule has 3 N–H and O–H groups in total. The van der Waals surface area contributed by atoms with E-state index in [-0.39, 0.29) is 41.7 Å². The number of hydrogen-bond donors (Lipinski definition) is 3. The summed E-state index contributed by atoms with van der Waals surface area (Å²) in [4.78, 5) is 29.2. The monoisotopic (exact) mass is 555 g/mol. The summed E-state index contributed by atoms with van der Waals surface area (Å²) in [5.41, 5.74) is 1.12. The molecule has 37 heavy (non-hydrogen) atoms. The first-order valence-corrected chi connectivity index (χ1v) is 15.2. The highest BCUT2D eigenvalue weighted by atomic mass is 35.5. The van der Waals surface area contributed by atoms with Gasteiger partial charge in [-0.05, 0) is 67.9 Å². The molecule has 2 aliphatic carbocycles. The Kier molecular flexibility index (Phi) is 9.67. The van der Waals surface area contributed by atoms with Crippen LogP contribution in [-0.2, 0) is 32.5 Å². The molecule has 1 aromatic heterocycles. The molecule has 2 bridgehead atoms. The van der Waals surface area contributed by atoms with Gasteiger partial charge in [-0.2, -0.15) is 0 Å². The van der Waals surface area contributed by atoms with Gasteiger partial charge in [-0.1, -0.05) is 45.6 Å². The lowest BCUT2D eigenvalue weighted by Gasteiger charge is -2.36. The topological polar surface area (TPSA) is 125 Å². The number of pyridine rings is 1. The van der Waals surface area contributed by atoms with E-state index in [4.69, 9.17) is 4.98 Å². The SMILES string of the molecule is CC1(C)C2CC[C@@]1(CS(=O)(=O)N[C@@H](CCCCCCCc1ccc3c(n1)NCCC3)C(=O)O)C(=O)C2.Cl. The molecule has 2 heterocycles. The number of carbonyl (C=O) groups is 2. The number of hydrogen-bond acceptors (Lipinski definition) is 6. The van der Waals surface area contributed by atoms with Gasteiger partial charge in [0.1, 0.15) is 17.6 Å². The predicted molar refractivity (Wildman–Crippen MR) is 147 cm³/mol. The summed E-state index contributed by atoms with van der Waals surface area (Å²) < 4.78 is 28.4. The van der Waals surface area contributed by atoms with Crippen molar-refractivity contribution in [3.63, 3.8) is 0 Å². The van der Waals surface area contributed by atoms with Crippen LogP contribution in [0.3, 0.4) is 0 Å². The minimum atomic E-state index is -3.91. The molecule has 2 fully saturated rings. The number of unbranched alkanes of at least 4 members (excludes halogenated alkanes) is 4. The fraction of sp³-hybridized carbons (Fsp3) is 0.741. The Balaban J connectivity index is 0.00000380. The maximum Gasteiger partial charge on any atom is 0.321 e. The first-order valence-electron chi connectivity index (χ1n) is 13.5. The lowest BCUT2D eigenvalue weighted by molar-refractivity contribution is -0.139. The van der Waals surface area contributed by atoms with Crippen LogP contribution in [0.25, 0.3) is 0 Å². The minimum absolute atomic E-state index is 0. The van der Waals surface area contributed by atoms with Gasteiger partial charge in [0.2, 0.25) is 10.0 Å². The van der Waals surface area contributed by atoms with Crippen LogP contribution in [0.4, 0.5) is 5.82 Å². The fourth-order valence-electron chi connectivity index (χ4n) is 6.62. The molecule has 1 aromatic rings. The molecule has 0 amide bonds. The lowest BCUT2D eigenvalue weighted by atomic mass is 9.70. The highest BCUT2D eigenvalue weighted by molar-refractivity contribution is 7.89. The second-order valence-corrected chi connectivity index (χ2v) is 13.3. The number of fused-ring (bicyclic) bond motifs is 3. The van der Waals surface area contributed by atoms with Crippen molar-refractivity contribution in [3.8, 4) is 0 Å². The highest BCUT2D eigenvalue weighted by Gasteiger charge is 2.65. The van der Waals surface area contributed by atoms with Crippen LogP contribution in [0, 0.1) is 16.7 Å². The molecule has 0 aromatic carbocycles. The first kappa shape index (κ1) is 29.8. The quantitative estimate of drug-likeness (QED) is 0.306. The standard InChI is InChI=1S/C27H41N3O5S.ClH/c1-26(2)20-14-15-27(26,23(31)17-20)18-36(34,35)30-22(25(32)33)11-7-5-3-4-6-10-21-13-12-19-9-8-16-28-24(19)29-21;/h12-13,20,22,30H,3-11,14-18H2,1-2H3,(H,28,29)(H,32,33);1H/t20?,22-,27+;/m0./s1. The van der Waals surface area contributed by atoms with Crippen molar-refractivity contribution in [2.45, 2.75) is 96.9 Å². The Labute approximate surface area is 227 Å². The Morgan fingerprint density at radius 3 is 2.62 bits per heavy atom. The van der Waals surface area contributed by atoms with E-state index in [1.54, 1.807) is 0 Å². The summed E-state index contributed by atoms with van der Waals surface area (Å²) >= 11 is 0. The number of ketones is 1. The molecule has 208 valence electrons. The smallest absolute Gasteiger partial charge is 0.321 e. The minimum Gasteiger partial charge on any atom is -0.480 e. The van der Waals surface area contributed by atoms with Gasteiger partial charge < -0.3 is 10.4 Å². The molecule has 1 unspecified atom stereocenters. The maximum atomic E-state index is 13.0. The van der Waals surface area contributed by atoms with Gasteiger partial charge in [0.05, 0.1) is 5.75 Å². The van der Waals surface area contributed by atoms with Crippen LogP contribution in [0.1, 0.15) is 89.3 Å². The number of nitrogens with zero attached hydrogens (tertiary/aromatic N) is 1. The number of Topliss-reactive ketones (excluding diaryl/α,β-unsaturated/α-hetero) is 1. The Hall–Kier alpha value is -1.71. The summed E-state index contributed by atoms with van der Waals surface area (Å²) in [5, 5.41) is 13.0. The second-order valence-electron chi connectivity index (χ2n) is 11.6. The van der Waals surface area contributed by atoms with Crippen molar-refractivity contribution in [1.82, 2.24) is 9.71 Å². The zero-order valence-electron chi connectivity index (χ0n) is 22.1. The number of sulfonamides is 1. The largest absolute Gasteiger partial charge is 0.480 e. The number of carboxylic acid groups (broad SMARTS) is 1. The number of aliphatic carboxylic acids is 1. The van der Waals surface area contributed by atoms with E-state index < -0.39 is 27.4 Å². The van der Waals surface area contributed by atoms with E-state index in [9.17, 15) is 23.1 Å². The van der Waals surface area contributed by atoms with E-state index in [0.29, 0.717) is 19.3 Å². The van der Waals surface area contributed by atoms with Crippen molar-refractivity contribution < 1.29 is 23.1 Å². The van der Waals surface area contributed by atoms with E-state index in [1.807, 2.05) is 13.8 Å². The number of anilines is 1. The van der Waals surface area contributed by atoms with Gasteiger partial charge in [0.15, 0.2) is 0 Å². The third kappa shape index (κ3) is 6.48. The molecule has 0 saturated heterocycles. The van der Waals surface area contributed by atoms with Gasteiger partial charge in [-0.15, -0.1) is 12.4 Å². The van der Waals surface area contributed by atoms with Crippen molar-refractivity contribution in [2.75, 3.05) is 17.6 Å². The molecular weight excluding hydrogens is 514 g/mol. The van der Waals surface area contributed by atoms with Crippen molar-refractivity contribution >= 4 is 40.0 Å². The molecule has 10 heteroatoms. The number of carbonyl (C=O) groups excluding carboxylic acids is 1. The van der Waals surface area contributed by atoms with Gasteiger partial charge in [0, 0.05) is 24.1 Å². The van der Waals surface area contributed by atoms with E-state index in [1.165, 1.54) is 5.56 Å². The van der Waals surface area contributed by atoms with E-state index >= 15 is 0 Å². The lowest BCUT2D eigenvalue weighted by Crippen LogP contribution is -2.49. The van der Waals surface area contributed by atoms with Gasteiger partial charge in [-0.3, -0.25) is 9.59 Å². The normalized spacial score (nSPS) is 24.7. The molecule has 8 nitrogen and oxygen atoms in total. The molecule has 0 spiro atoms. The van der Waals surface area contributed by atoms with E-state index in [0.717, 1.165) is 69.4 Å². The number of carboxylic acids is 1. The van der Waals surface area contributed by atoms with Crippen LogP contribution >= 0.6 is 12.4 Å². The van der Waals surface area contributed by atoms with Crippen LogP contribution in [0.2, 0.25) is 0 Å². The zero-order valence-corrected chi connectivity index (χ0v) is 23.7. The maximum absolute atomic E-state index is 13.0. The number of rotatable bonds is 13. The zero-order chi connectivity index (χ0) is 26.0. The van der Waals surface area contributed by atoms with Gasteiger partial charge in [0.25, 0.3) is 0 Å². The fourth-order valence-corrected chi connectivity index (χ4v) is 8.68. The van der Waals surface area contributed by atoms with Crippen LogP contribution in [0.5, 0.6) is 0 Å². The van der Waals surface area contributed by atoms with Crippen molar-refractivity contribution in [1.29, 1.82) is 0 Å². The summed E-state index contributed by atoms with van der Waals surface area (Å²) in [5.74, 6) is -0.213. The third-order valence-electron chi connectivity index (χ3n) is 9.07. The van der Waals surface area contributed by atoms with Crippen LogP contribution < -0.4 is 10.0 Å². The number of nitrogens with one attached hydrogen (secondary N) is 2. The summed E-state index contributed by atoms with van der Waals surface area (Å²) in [6.45, 7) is 4.95. The summed E-state index contributed by atoms with van der Waals surface area (Å²) in [7, 11) is -3.91. The van der Waals surface area contributed by atoms with Crippen molar-refractivity contribution in [2.24, 2.45) is 16.7 Å². The van der Waals surface area contributed by atoms with Crippen LogP contribution in [-0.4, -0.2) is 48.6 Å². The average Bonchev–Trinajstić information content (AvgIpc) is 3.16. The summed E-state index contributed by atoms with van der Waals surface area (Å²) in [6.07, 6.45) is 9.77. The number of aryl methyl sites for hydroxylation is 2. The first-order chi connectivity index (χ1) is 17.0. The van der Waals surface area contributed by atoms with Gasteiger partial charge in [-0.25, -0.2) is 18.1 Å². The second kappa shape index (κ2) is 12.0. The van der Waals surface area contributed by atoms with Gasteiger partial charge >= 0.3 is 5.97 Å². The Morgan fingerprint density at radius 2 is 1.95 bits per heavy atom. The molecular formula is C27H42ClN3O5S. The van der Waals surface area contributed by atoms with E-state index in [2.05, 4.69) is 22.2 Å². The Morgan fingerprint density at radius 1 is 1.22 bits per heavy atom. The Bertz CT molecular complexity index is 1090. The van der Waals surface area contributed by atoms with Crippen LogP contribution in [0.15, 0.2) is 12.1 Å². The average molecular weight is 556 g/mol. The highest BCUT2D eigenvalue weighted by Crippen LogP contribution is 2.64. The molecule has 1 aliphatic heterocycles. The third-order valence-corrected chi connectivity index (χ3v) is 10.6. The molecule has 3 atom stereocenters.